The van der Waals surface area contributed by atoms with Gasteiger partial charge in [-0.1, -0.05) is 18.6 Å². The first-order valence-electron chi connectivity index (χ1n) is 10.4. The minimum Gasteiger partial charge on any atom is -0.357 e. The van der Waals surface area contributed by atoms with Gasteiger partial charge >= 0.3 is 0 Å². The van der Waals surface area contributed by atoms with Gasteiger partial charge in [-0.3, -0.25) is 4.79 Å². The van der Waals surface area contributed by atoms with Crippen LogP contribution < -0.4 is 10.6 Å². The molecule has 8 heteroatoms. The molecular formula is C21H33IN6O. The highest BCUT2D eigenvalue weighted by Gasteiger charge is 2.15. The van der Waals surface area contributed by atoms with Gasteiger partial charge in [0.05, 0.1) is 11.0 Å². The van der Waals surface area contributed by atoms with Crippen LogP contribution in [0.3, 0.4) is 0 Å². The number of amides is 1. The number of halogens is 1. The lowest BCUT2D eigenvalue weighted by Crippen LogP contribution is -2.39. The summed E-state index contributed by atoms with van der Waals surface area (Å²) >= 11 is 0. The molecule has 3 rings (SSSR count). The second-order valence-electron chi connectivity index (χ2n) is 7.24. The Morgan fingerprint density at radius 3 is 2.83 bits per heavy atom. The summed E-state index contributed by atoms with van der Waals surface area (Å²) in [4.78, 5) is 23.4. The third-order valence-corrected chi connectivity index (χ3v) is 5.17. The van der Waals surface area contributed by atoms with Crippen molar-refractivity contribution in [1.29, 1.82) is 0 Å². The van der Waals surface area contributed by atoms with Gasteiger partial charge in [-0.2, -0.15) is 0 Å². The molecule has 160 valence electrons. The van der Waals surface area contributed by atoms with Crippen molar-refractivity contribution in [2.75, 3.05) is 26.2 Å². The second-order valence-corrected chi connectivity index (χ2v) is 7.24. The van der Waals surface area contributed by atoms with Crippen LogP contribution in [0.1, 0.15) is 44.9 Å². The van der Waals surface area contributed by atoms with Crippen molar-refractivity contribution in [2.45, 2.75) is 45.6 Å². The van der Waals surface area contributed by atoms with Gasteiger partial charge in [0.2, 0.25) is 5.91 Å². The van der Waals surface area contributed by atoms with Crippen LogP contribution in [0.5, 0.6) is 0 Å². The molecule has 29 heavy (non-hydrogen) atoms. The lowest BCUT2D eigenvalue weighted by atomic mass is 10.2. The summed E-state index contributed by atoms with van der Waals surface area (Å²) in [5.74, 6) is 2.03. The topological polar surface area (TPSA) is 74.6 Å². The largest absolute Gasteiger partial charge is 0.357 e. The van der Waals surface area contributed by atoms with Crippen LogP contribution >= 0.6 is 24.0 Å². The third kappa shape index (κ3) is 6.58. The first-order valence-corrected chi connectivity index (χ1v) is 10.4. The van der Waals surface area contributed by atoms with Gasteiger partial charge in [-0.05, 0) is 38.3 Å². The fourth-order valence-corrected chi connectivity index (χ4v) is 3.58. The van der Waals surface area contributed by atoms with Gasteiger partial charge in [0, 0.05) is 39.6 Å². The van der Waals surface area contributed by atoms with Gasteiger partial charge in [0.25, 0.3) is 0 Å². The number of benzene rings is 1. The molecule has 1 amide bonds. The molecular weight excluding hydrogens is 479 g/mol. The fourth-order valence-electron chi connectivity index (χ4n) is 3.58. The van der Waals surface area contributed by atoms with Gasteiger partial charge in [-0.15, -0.1) is 24.0 Å². The van der Waals surface area contributed by atoms with E-state index in [9.17, 15) is 4.79 Å². The zero-order valence-electron chi connectivity index (χ0n) is 17.5. The number of likely N-dealkylation sites (tertiary alicyclic amines) is 1. The van der Waals surface area contributed by atoms with Crippen LogP contribution in [0, 0.1) is 0 Å². The molecule has 1 aromatic carbocycles. The van der Waals surface area contributed by atoms with Crippen molar-refractivity contribution in [3.63, 3.8) is 0 Å². The Labute approximate surface area is 190 Å². The zero-order valence-corrected chi connectivity index (χ0v) is 19.8. The summed E-state index contributed by atoms with van der Waals surface area (Å²) in [6, 6.07) is 8.13. The minimum absolute atomic E-state index is 0. The van der Waals surface area contributed by atoms with Crippen LogP contribution in [0.25, 0.3) is 11.0 Å². The summed E-state index contributed by atoms with van der Waals surface area (Å²) in [5, 5.41) is 6.66. The molecule has 0 radical (unpaired) electrons. The van der Waals surface area contributed by atoms with Gasteiger partial charge in [0.15, 0.2) is 5.96 Å². The van der Waals surface area contributed by atoms with E-state index in [0.717, 1.165) is 68.3 Å². The Morgan fingerprint density at radius 1 is 1.21 bits per heavy atom. The molecule has 1 fully saturated rings. The predicted octanol–water partition coefficient (Wildman–Crippen LogP) is 3.04. The van der Waals surface area contributed by atoms with E-state index in [1.807, 2.05) is 30.1 Å². The lowest BCUT2D eigenvalue weighted by molar-refractivity contribution is -0.130. The van der Waals surface area contributed by atoms with E-state index in [1.165, 1.54) is 6.42 Å². The van der Waals surface area contributed by atoms with E-state index >= 15 is 0 Å². The Kier molecular flexibility index (Phi) is 9.69. The highest BCUT2D eigenvalue weighted by Crippen LogP contribution is 2.14. The molecule has 0 saturated carbocycles. The molecule has 1 aliphatic heterocycles. The number of nitrogens with one attached hydrogen (secondary N) is 2. The Morgan fingerprint density at radius 2 is 2.03 bits per heavy atom. The number of para-hydroxylation sites is 2. The highest BCUT2D eigenvalue weighted by atomic mass is 127. The van der Waals surface area contributed by atoms with E-state index < -0.39 is 0 Å². The molecule has 2 N–H and O–H groups in total. The first kappa shape index (κ1) is 23.4. The number of fused-ring (bicyclic) bond motifs is 1. The summed E-state index contributed by atoms with van der Waals surface area (Å²) in [7, 11) is 2.03. The van der Waals surface area contributed by atoms with Gasteiger partial charge < -0.3 is 20.1 Å². The standard InChI is InChI=1S/C21H32N6O.HI/c1-3-22-21(23-13-9-15-27-14-8-4-5-12-20(27)28)24-16-19-25-17-10-6-7-11-18(17)26(19)2;/h6-7,10-11H,3-5,8-9,12-16H2,1-2H3,(H2,22,23,24);1H. The number of aromatic nitrogens is 2. The monoisotopic (exact) mass is 512 g/mol. The number of nitrogens with zero attached hydrogens (tertiary/aromatic N) is 4. The molecule has 0 spiro atoms. The number of carbonyl (C=O) groups is 1. The van der Waals surface area contributed by atoms with Crippen molar-refractivity contribution >= 4 is 46.9 Å². The van der Waals surface area contributed by atoms with E-state index in [-0.39, 0.29) is 24.0 Å². The summed E-state index contributed by atoms with van der Waals surface area (Å²) in [6.07, 6.45) is 4.95. The predicted molar refractivity (Wildman–Crippen MR) is 129 cm³/mol. The van der Waals surface area contributed by atoms with Crippen LogP contribution in [0.15, 0.2) is 29.3 Å². The number of guanidine groups is 1. The molecule has 0 aliphatic carbocycles. The van der Waals surface area contributed by atoms with E-state index in [1.54, 1.807) is 0 Å². The van der Waals surface area contributed by atoms with Crippen molar-refractivity contribution in [1.82, 2.24) is 25.1 Å². The van der Waals surface area contributed by atoms with Crippen LogP contribution in [0.4, 0.5) is 0 Å². The van der Waals surface area contributed by atoms with Crippen molar-refractivity contribution in [2.24, 2.45) is 12.0 Å². The zero-order chi connectivity index (χ0) is 19.8. The number of hydrogen-bond donors (Lipinski definition) is 2. The summed E-state index contributed by atoms with van der Waals surface area (Å²) in [5.41, 5.74) is 2.11. The smallest absolute Gasteiger partial charge is 0.222 e. The van der Waals surface area contributed by atoms with Crippen molar-refractivity contribution < 1.29 is 4.79 Å². The summed E-state index contributed by atoms with van der Waals surface area (Å²) < 4.78 is 2.09. The maximum Gasteiger partial charge on any atom is 0.222 e. The second kappa shape index (κ2) is 12.0. The number of carbonyl (C=O) groups excluding carboxylic acids is 1. The molecule has 1 saturated heterocycles. The molecule has 0 unspecified atom stereocenters. The van der Waals surface area contributed by atoms with E-state index in [0.29, 0.717) is 18.9 Å². The Bertz CT molecular complexity index is 819. The van der Waals surface area contributed by atoms with Crippen LogP contribution in [-0.4, -0.2) is 52.5 Å². The van der Waals surface area contributed by atoms with Gasteiger partial charge in [-0.25, -0.2) is 9.98 Å². The molecule has 2 heterocycles. The quantitative estimate of drug-likeness (QED) is 0.259. The van der Waals surface area contributed by atoms with Crippen molar-refractivity contribution in [3.05, 3.63) is 30.1 Å². The Hall–Kier alpha value is -1.84. The molecule has 1 aromatic heterocycles. The maximum atomic E-state index is 12.1. The molecule has 7 nitrogen and oxygen atoms in total. The van der Waals surface area contributed by atoms with Crippen molar-refractivity contribution in [3.8, 4) is 0 Å². The number of hydrogen-bond acceptors (Lipinski definition) is 3. The molecule has 0 bridgehead atoms. The van der Waals surface area contributed by atoms with Crippen LogP contribution in [-0.2, 0) is 18.4 Å². The number of imidazole rings is 1. The van der Waals surface area contributed by atoms with E-state index in [4.69, 9.17) is 0 Å². The lowest BCUT2D eigenvalue weighted by Gasteiger charge is -2.20. The SMILES string of the molecule is CCNC(=NCc1nc2ccccc2n1C)NCCCN1CCCCCC1=O.I. The summed E-state index contributed by atoms with van der Waals surface area (Å²) in [6.45, 7) is 5.89. The first-order chi connectivity index (χ1) is 13.7. The fraction of sp³-hybridized carbons (Fsp3) is 0.571. The number of aryl methyl sites for hydroxylation is 1. The van der Waals surface area contributed by atoms with Crippen LogP contribution in [0.2, 0.25) is 0 Å². The van der Waals surface area contributed by atoms with E-state index in [2.05, 4.69) is 38.2 Å². The third-order valence-electron chi connectivity index (χ3n) is 5.17. The maximum absolute atomic E-state index is 12.1. The van der Waals surface area contributed by atoms with Gasteiger partial charge in [0.1, 0.15) is 12.4 Å². The molecule has 2 aromatic rings. The number of aliphatic imine (C=N–C) groups is 1. The average Bonchev–Trinajstić information content (AvgIpc) is 2.87. The molecule has 1 aliphatic rings. The minimum atomic E-state index is 0. The average molecular weight is 512 g/mol. The molecule has 0 atom stereocenters. The Balaban J connectivity index is 0.00000300. The highest BCUT2D eigenvalue weighted by molar-refractivity contribution is 14.0. The number of rotatable bonds is 7. The normalized spacial score (nSPS) is 15.2.